The Morgan fingerprint density at radius 3 is 2.37 bits per heavy atom. The average molecular weight is 490 g/mol. The van der Waals surface area contributed by atoms with Crippen LogP contribution in [0, 0.1) is 0 Å². The van der Waals surface area contributed by atoms with Crippen LogP contribution in [0.1, 0.15) is 51.8 Å². The highest BCUT2D eigenvalue weighted by atomic mass is 79.9. The van der Waals surface area contributed by atoms with Crippen LogP contribution in [-0.4, -0.2) is 38.4 Å². The Labute approximate surface area is 192 Å². The van der Waals surface area contributed by atoms with Crippen molar-refractivity contribution >= 4 is 24.2 Å². The lowest BCUT2D eigenvalue weighted by Crippen LogP contribution is -2.55. The zero-order valence-corrected chi connectivity index (χ0v) is 22.1. The molecule has 3 unspecified atom stereocenters. The lowest BCUT2D eigenvalue weighted by atomic mass is 9.94. The number of nitrogens with zero attached hydrogens (tertiary/aromatic N) is 1. The van der Waals surface area contributed by atoms with Crippen LogP contribution in [0.15, 0.2) is 53.0 Å². The van der Waals surface area contributed by atoms with Crippen molar-refractivity contribution in [1.29, 1.82) is 0 Å². The van der Waals surface area contributed by atoms with Gasteiger partial charge in [-0.25, -0.2) is 0 Å². The minimum absolute atomic E-state index is 0.177. The van der Waals surface area contributed by atoms with Gasteiger partial charge >= 0.3 is 0 Å². The van der Waals surface area contributed by atoms with Crippen LogP contribution in [0.3, 0.4) is 0 Å². The van der Waals surface area contributed by atoms with Crippen molar-refractivity contribution in [2.24, 2.45) is 0 Å². The van der Waals surface area contributed by atoms with Crippen molar-refractivity contribution in [1.82, 2.24) is 10.2 Å². The van der Waals surface area contributed by atoms with Gasteiger partial charge in [0, 0.05) is 29.6 Å². The largest absolute Gasteiger partial charge is 0.543 e. The topological polar surface area (TPSA) is 24.5 Å². The Kier molecular flexibility index (Phi) is 7.17. The summed E-state index contributed by atoms with van der Waals surface area (Å²) in [5.41, 5.74) is 2.62. The Morgan fingerprint density at radius 1 is 1.07 bits per heavy atom. The monoisotopic (exact) mass is 488 g/mol. The summed E-state index contributed by atoms with van der Waals surface area (Å²) in [5, 5.41) is 3.80. The van der Waals surface area contributed by atoms with Gasteiger partial charge in [-0.05, 0) is 67.4 Å². The molecule has 0 saturated carbocycles. The van der Waals surface area contributed by atoms with Gasteiger partial charge in [0.1, 0.15) is 5.75 Å². The van der Waals surface area contributed by atoms with Crippen LogP contribution < -0.4 is 9.74 Å². The zero-order chi connectivity index (χ0) is 22.1. The zero-order valence-electron chi connectivity index (χ0n) is 19.5. The van der Waals surface area contributed by atoms with E-state index < -0.39 is 8.32 Å². The SMILES string of the molecule is CC1CN(C(c2ccc(Br)cc2)c2cccc(O[Si](C)(C)C(C)(C)C)c2)C(C)CN1. The molecule has 0 radical (unpaired) electrons. The molecule has 1 N–H and O–H groups in total. The molecule has 30 heavy (non-hydrogen) atoms. The third-order valence-electron chi connectivity index (χ3n) is 6.68. The number of halogens is 1. The van der Waals surface area contributed by atoms with E-state index in [0.29, 0.717) is 12.1 Å². The van der Waals surface area contributed by atoms with Crippen LogP contribution in [-0.2, 0) is 0 Å². The van der Waals surface area contributed by atoms with Gasteiger partial charge in [0.25, 0.3) is 0 Å². The molecule has 1 aliphatic heterocycles. The molecule has 0 spiro atoms. The van der Waals surface area contributed by atoms with E-state index in [1.807, 2.05) is 0 Å². The van der Waals surface area contributed by atoms with Crippen LogP contribution in [0.25, 0.3) is 0 Å². The summed E-state index contributed by atoms with van der Waals surface area (Å²) in [7, 11) is -1.88. The van der Waals surface area contributed by atoms with Gasteiger partial charge in [0.15, 0.2) is 0 Å². The van der Waals surface area contributed by atoms with Crippen molar-refractivity contribution in [3.05, 3.63) is 64.1 Å². The van der Waals surface area contributed by atoms with E-state index in [9.17, 15) is 0 Å². The van der Waals surface area contributed by atoms with Crippen molar-refractivity contribution < 1.29 is 4.43 Å². The summed E-state index contributed by atoms with van der Waals surface area (Å²) < 4.78 is 7.76. The second kappa shape index (κ2) is 9.15. The minimum Gasteiger partial charge on any atom is -0.543 e. The number of hydrogen-bond donors (Lipinski definition) is 1. The molecule has 0 aliphatic carbocycles. The van der Waals surface area contributed by atoms with Crippen LogP contribution in [0.2, 0.25) is 18.1 Å². The lowest BCUT2D eigenvalue weighted by Gasteiger charge is -2.43. The predicted molar refractivity (Wildman–Crippen MR) is 134 cm³/mol. The first-order chi connectivity index (χ1) is 14.0. The van der Waals surface area contributed by atoms with E-state index in [1.165, 1.54) is 11.1 Å². The summed E-state index contributed by atoms with van der Waals surface area (Å²) in [6.07, 6.45) is 0. The van der Waals surface area contributed by atoms with Gasteiger partial charge in [0.2, 0.25) is 8.32 Å². The van der Waals surface area contributed by atoms with Gasteiger partial charge < -0.3 is 9.74 Å². The Balaban J connectivity index is 2.01. The van der Waals surface area contributed by atoms with Gasteiger partial charge in [-0.1, -0.05) is 61.0 Å². The fraction of sp³-hybridized carbons (Fsp3) is 0.520. The normalized spacial score (nSPS) is 22.0. The third kappa shape index (κ3) is 5.36. The maximum Gasteiger partial charge on any atom is 0.250 e. The summed E-state index contributed by atoms with van der Waals surface area (Å²) >= 11 is 3.59. The Bertz CT molecular complexity index is 847. The van der Waals surface area contributed by atoms with E-state index >= 15 is 0 Å². The number of rotatable bonds is 5. The molecule has 0 amide bonds. The molecular formula is C25H37BrN2OSi. The number of benzene rings is 2. The molecule has 0 aromatic heterocycles. The number of hydrogen-bond acceptors (Lipinski definition) is 3. The fourth-order valence-corrected chi connectivity index (χ4v) is 5.11. The lowest BCUT2D eigenvalue weighted by molar-refractivity contribution is 0.113. The number of nitrogens with one attached hydrogen (secondary N) is 1. The van der Waals surface area contributed by atoms with E-state index in [0.717, 1.165) is 23.3 Å². The molecule has 3 atom stereocenters. The summed E-state index contributed by atoms with van der Waals surface area (Å²) in [4.78, 5) is 2.63. The smallest absolute Gasteiger partial charge is 0.250 e. The van der Waals surface area contributed by atoms with E-state index in [-0.39, 0.29) is 11.1 Å². The molecule has 0 bridgehead atoms. The summed E-state index contributed by atoms with van der Waals surface area (Å²) in [6.45, 7) is 18.1. The predicted octanol–water partition coefficient (Wildman–Crippen LogP) is 6.60. The van der Waals surface area contributed by atoms with Crippen molar-refractivity contribution in [3.63, 3.8) is 0 Å². The van der Waals surface area contributed by atoms with Gasteiger partial charge in [0.05, 0.1) is 6.04 Å². The fourth-order valence-electron chi connectivity index (χ4n) is 3.83. The van der Waals surface area contributed by atoms with E-state index in [1.54, 1.807) is 0 Å². The van der Waals surface area contributed by atoms with Gasteiger partial charge in [-0.15, -0.1) is 0 Å². The molecule has 1 aliphatic rings. The van der Waals surface area contributed by atoms with Crippen LogP contribution in [0.4, 0.5) is 0 Å². The molecule has 1 heterocycles. The average Bonchev–Trinajstić information content (AvgIpc) is 2.65. The molecule has 1 saturated heterocycles. The van der Waals surface area contributed by atoms with Crippen molar-refractivity contribution in [2.75, 3.05) is 13.1 Å². The summed E-state index contributed by atoms with van der Waals surface area (Å²) in [6, 6.07) is 18.7. The molecular weight excluding hydrogens is 452 g/mol. The first kappa shape index (κ1) is 23.5. The molecule has 5 heteroatoms. The Hall–Kier alpha value is -1.14. The standard InChI is InChI=1S/C25H37BrN2OSi/c1-18-17-28(19(2)16-27-18)24(20-11-13-22(26)14-12-20)21-9-8-10-23(15-21)29-30(6,7)25(3,4)5/h8-15,18-19,24,27H,16-17H2,1-7H3. The quantitative estimate of drug-likeness (QED) is 0.479. The highest BCUT2D eigenvalue weighted by Crippen LogP contribution is 2.39. The second-order valence-corrected chi connectivity index (χ2v) is 15.9. The van der Waals surface area contributed by atoms with Crippen LogP contribution in [0.5, 0.6) is 5.75 Å². The van der Waals surface area contributed by atoms with Gasteiger partial charge in [-0.3, -0.25) is 4.90 Å². The minimum atomic E-state index is -1.88. The first-order valence-corrected chi connectivity index (χ1v) is 14.7. The second-order valence-electron chi connectivity index (χ2n) is 10.2. The Morgan fingerprint density at radius 2 is 1.73 bits per heavy atom. The maximum atomic E-state index is 6.65. The molecule has 2 aromatic carbocycles. The molecule has 3 rings (SSSR count). The first-order valence-electron chi connectivity index (χ1n) is 11.0. The molecule has 3 nitrogen and oxygen atoms in total. The molecule has 2 aromatic rings. The van der Waals surface area contributed by atoms with E-state index in [4.69, 9.17) is 4.43 Å². The van der Waals surface area contributed by atoms with Gasteiger partial charge in [-0.2, -0.15) is 0 Å². The summed E-state index contributed by atoms with van der Waals surface area (Å²) in [5.74, 6) is 0.997. The van der Waals surface area contributed by atoms with Crippen LogP contribution >= 0.6 is 15.9 Å². The van der Waals surface area contributed by atoms with E-state index in [2.05, 4.69) is 122 Å². The van der Waals surface area contributed by atoms with Crippen molar-refractivity contribution in [2.45, 2.75) is 70.9 Å². The number of piperazine rings is 1. The molecule has 1 fully saturated rings. The maximum absolute atomic E-state index is 6.65. The van der Waals surface area contributed by atoms with Crippen molar-refractivity contribution in [3.8, 4) is 5.75 Å². The molecule has 164 valence electrons. The highest BCUT2D eigenvalue weighted by Gasteiger charge is 2.39. The third-order valence-corrected chi connectivity index (χ3v) is 11.6. The highest BCUT2D eigenvalue weighted by molar-refractivity contribution is 9.10.